The van der Waals surface area contributed by atoms with E-state index in [1.54, 1.807) is 35.2 Å². The number of benzene rings is 2. The van der Waals surface area contributed by atoms with Gasteiger partial charge in [0.2, 0.25) is 0 Å². The molecule has 0 aliphatic carbocycles. The third-order valence-corrected chi connectivity index (χ3v) is 6.37. The van der Waals surface area contributed by atoms with Crippen LogP contribution in [0.15, 0.2) is 42.5 Å². The molecule has 2 aromatic heterocycles. The molecule has 6 nitrogen and oxygen atoms in total. The lowest BCUT2D eigenvalue weighted by molar-refractivity contribution is 0.0638. The predicted octanol–water partition coefficient (Wildman–Crippen LogP) is 4.56. The number of amides is 1. The van der Waals surface area contributed by atoms with Gasteiger partial charge in [-0.3, -0.25) is 4.79 Å². The van der Waals surface area contributed by atoms with Crippen LogP contribution in [0.2, 0.25) is 5.02 Å². The quantitative estimate of drug-likeness (QED) is 0.470. The molecule has 1 unspecified atom stereocenters. The SMILES string of the molecule is CC1c2nnc(-c3nc4c(F)cccc4s3)n2CCN1C(=O)c1ccc(Cl)cc1. The first-order valence-corrected chi connectivity index (χ1v) is 10.3. The summed E-state index contributed by atoms with van der Waals surface area (Å²) in [6.07, 6.45) is 0. The minimum Gasteiger partial charge on any atom is -0.327 e. The Hall–Kier alpha value is -2.84. The fourth-order valence-electron chi connectivity index (χ4n) is 3.59. The van der Waals surface area contributed by atoms with Crippen LogP contribution in [0.4, 0.5) is 4.39 Å². The van der Waals surface area contributed by atoms with E-state index in [-0.39, 0.29) is 17.8 Å². The van der Waals surface area contributed by atoms with Gasteiger partial charge in [0.15, 0.2) is 16.7 Å². The molecule has 1 atom stereocenters. The zero-order chi connectivity index (χ0) is 20.1. The topological polar surface area (TPSA) is 63.9 Å². The number of hydrogen-bond acceptors (Lipinski definition) is 5. The second kappa shape index (κ2) is 6.89. The van der Waals surface area contributed by atoms with Crippen LogP contribution in [0.25, 0.3) is 21.0 Å². The Morgan fingerprint density at radius 1 is 1.17 bits per heavy atom. The van der Waals surface area contributed by atoms with Crippen molar-refractivity contribution in [2.24, 2.45) is 0 Å². The molecule has 9 heteroatoms. The maximum Gasteiger partial charge on any atom is 0.254 e. The predicted molar refractivity (Wildman–Crippen MR) is 109 cm³/mol. The van der Waals surface area contributed by atoms with E-state index in [0.717, 1.165) is 4.70 Å². The highest BCUT2D eigenvalue weighted by atomic mass is 35.5. The third kappa shape index (κ3) is 2.99. The summed E-state index contributed by atoms with van der Waals surface area (Å²) in [5.41, 5.74) is 0.921. The lowest BCUT2D eigenvalue weighted by atomic mass is 10.1. The van der Waals surface area contributed by atoms with E-state index in [1.807, 2.05) is 17.6 Å². The Morgan fingerprint density at radius 3 is 2.72 bits per heavy atom. The van der Waals surface area contributed by atoms with Crippen LogP contribution in [0.1, 0.15) is 29.1 Å². The molecular weight excluding hydrogens is 413 g/mol. The van der Waals surface area contributed by atoms with Crippen LogP contribution < -0.4 is 0 Å². The van der Waals surface area contributed by atoms with Crippen molar-refractivity contribution in [3.8, 4) is 10.8 Å². The fourth-order valence-corrected chi connectivity index (χ4v) is 4.69. The molecule has 5 rings (SSSR count). The van der Waals surface area contributed by atoms with Crippen LogP contribution in [0.5, 0.6) is 0 Å². The van der Waals surface area contributed by atoms with Crippen molar-refractivity contribution in [1.82, 2.24) is 24.6 Å². The molecular formula is C20H15ClFN5OS. The summed E-state index contributed by atoms with van der Waals surface area (Å²) in [7, 11) is 0. The number of nitrogens with zero attached hydrogens (tertiary/aromatic N) is 5. The average molecular weight is 428 g/mol. The molecule has 0 saturated carbocycles. The van der Waals surface area contributed by atoms with Crippen molar-refractivity contribution in [3.63, 3.8) is 0 Å². The molecule has 0 saturated heterocycles. The number of carbonyl (C=O) groups is 1. The first kappa shape index (κ1) is 18.2. The molecule has 1 aliphatic rings. The molecule has 0 bridgehead atoms. The summed E-state index contributed by atoms with van der Waals surface area (Å²) < 4.78 is 16.7. The van der Waals surface area contributed by atoms with Gasteiger partial charge in [0.25, 0.3) is 5.91 Å². The zero-order valence-corrected chi connectivity index (χ0v) is 16.9. The molecule has 0 spiro atoms. The summed E-state index contributed by atoms with van der Waals surface area (Å²) in [6, 6.07) is 11.5. The van der Waals surface area contributed by atoms with Crippen molar-refractivity contribution < 1.29 is 9.18 Å². The van der Waals surface area contributed by atoms with Gasteiger partial charge in [-0.25, -0.2) is 9.37 Å². The van der Waals surface area contributed by atoms with Gasteiger partial charge in [-0.1, -0.05) is 17.7 Å². The third-order valence-electron chi connectivity index (χ3n) is 5.10. The number of halogens is 2. The standard InChI is InChI=1S/C20H15ClFN5OS/c1-11-17-24-25-18(19-23-16-14(22)3-2-4-15(16)29-19)27(17)10-9-26(11)20(28)12-5-7-13(21)8-6-12/h2-8,11H,9-10H2,1H3. The number of carbonyl (C=O) groups excluding carboxylic acids is 1. The van der Waals surface area contributed by atoms with Gasteiger partial charge in [-0.2, -0.15) is 0 Å². The van der Waals surface area contributed by atoms with E-state index < -0.39 is 0 Å². The van der Waals surface area contributed by atoms with Crippen molar-refractivity contribution in [1.29, 1.82) is 0 Å². The van der Waals surface area contributed by atoms with Crippen LogP contribution in [0, 0.1) is 5.82 Å². The smallest absolute Gasteiger partial charge is 0.254 e. The molecule has 0 radical (unpaired) electrons. The van der Waals surface area contributed by atoms with Crippen LogP contribution in [0.3, 0.4) is 0 Å². The van der Waals surface area contributed by atoms with Crippen molar-refractivity contribution in [2.45, 2.75) is 19.5 Å². The Bertz CT molecular complexity index is 1240. The zero-order valence-electron chi connectivity index (χ0n) is 15.3. The van der Waals surface area contributed by atoms with E-state index >= 15 is 0 Å². The molecule has 1 amide bonds. The number of hydrogen-bond donors (Lipinski definition) is 0. The first-order chi connectivity index (χ1) is 14.0. The van der Waals surface area contributed by atoms with E-state index in [4.69, 9.17) is 11.6 Å². The lowest BCUT2D eigenvalue weighted by Gasteiger charge is -2.33. The van der Waals surface area contributed by atoms with E-state index in [1.165, 1.54) is 17.4 Å². The molecule has 0 N–H and O–H groups in total. The Labute approximate surface area is 174 Å². The van der Waals surface area contributed by atoms with Crippen LogP contribution >= 0.6 is 22.9 Å². The normalized spacial score (nSPS) is 16.2. The Balaban J connectivity index is 1.48. The lowest BCUT2D eigenvalue weighted by Crippen LogP contribution is -2.41. The van der Waals surface area contributed by atoms with Crippen molar-refractivity contribution in [2.75, 3.05) is 6.54 Å². The first-order valence-electron chi connectivity index (χ1n) is 9.08. The van der Waals surface area contributed by atoms with E-state index in [9.17, 15) is 9.18 Å². The summed E-state index contributed by atoms with van der Waals surface area (Å²) in [5.74, 6) is 0.864. The second-order valence-electron chi connectivity index (χ2n) is 6.82. The maximum atomic E-state index is 14.0. The van der Waals surface area contributed by atoms with Crippen molar-refractivity contribution >= 4 is 39.1 Å². The summed E-state index contributed by atoms with van der Waals surface area (Å²) in [5, 5.41) is 9.83. The van der Waals surface area contributed by atoms with E-state index in [0.29, 0.717) is 45.8 Å². The number of thiazole rings is 1. The van der Waals surface area contributed by atoms with Crippen molar-refractivity contribution in [3.05, 3.63) is 64.7 Å². The number of para-hydroxylation sites is 1. The fraction of sp³-hybridized carbons (Fsp3) is 0.200. The van der Waals surface area contributed by atoms with Gasteiger partial charge in [0.05, 0.1) is 10.7 Å². The number of rotatable bonds is 2. The highest BCUT2D eigenvalue weighted by Crippen LogP contribution is 2.34. The Morgan fingerprint density at radius 2 is 1.97 bits per heavy atom. The molecule has 2 aromatic carbocycles. The summed E-state index contributed by atoms with van der Waals surface area (Å²) >= 11 is 7.30. The summed E-state index contributed by atoms with van der Waals surface area (Å²) in [6.45, 7) is 2.98. The minimum absolute atomic E-state index is 0.0768. The minimum atomic E-state index is -0.350. The summed E-state index contributed by atoms with van der Waals surface area (Å²) in [4.78, 5) is 19.1. The highest BCUT2D eigenvalue weighted by Gasteiger charge is 2.32. The van der Waals surface area contributed by atoms with Gasteiger partial charge in [0, 0.05) is 23.7 Å². The number of aromatic nitrogens is 4. The van der Waals surface area contributed by atoms with Gasteiger partial charge in [-0.15, -0.1) is 21.5 Å². The van der Waals surface area contributed by atoms with Gasteiger partial charge in [0.1, 0.15) is 11.3 Å². The van der Waals surface area contributed by atoms with Crippen LogP contribution in [-0.4, -0.2) is 37.1 Å². The number of fused-ring (bicyclic) bond motifs is 2. The highest BCUT2D eigenvalue weighted by molar-refractivity contribution is 7.21. The van der Waals surface area contributed by atoms with Gasteiger partial charge in [-0.05, 0) is 43.3 Å². The molecule has 0 fully saturated rings. The van der Waals surface area contributed by atoms with Gasteiger partial charge >= 0.3 is 0 Å². The molecule has 29 heavy (non-hydrogen) atoms. The van der Waals surface area contributed by atoms with Crippen LogP contribution in [-0.2, 0) is 6.54 Å². The largest absolute Gasteiger partial charge is 0.327 e. The average Bonchev–Trinajstić information content (AvgIpc) is 3.33. The molecule has 146 valence electrons. The maximum absolute atomic E-state index is 14.0. The van der Waals surface area contributed by atoms with Gasteiger partial charge < -0.3 is 9.47 Å². The molecule has 1 aliphatic heterocycles. The Kier molecular flexibility index (Phi) is 4.33. The monoisotopic (exact) mass is 427 g/mol. The second-order valence-corrected chi connectivity index (χ2v) is 8.29. The van der Waals surface area contributed by atoms with E-state index in [2.05, 4.69) is 15.2 Å². The molecule has 3 heterocycles. The molecule has 4 aromatic rings.